The standard InChI is InChI=1S/C65H126O17P2/c1-5-9-13-17-21-25-29-33-37-41-45-49-62(67)75-55-60(81-64(69)51-47-43-39-35-31-27-23-19-15-11-7-3)57-79-83(71,72)77-53-59(66)54-78-84(73,74)80-58-61(82-65(70)52-48-44-40-36-32-28-24-20-16-12-8-4)56-76-63(68)50-46-42-38-34-30-26-22-18-14-10-6-2/h59-61,66H,5-58H2,1-4H3,(H,71,72)(H,73,74)/p-2/t60-,61-/m1/s1. The van der Waals surface area contributed by atoms with Crippen molar-refractivity contribution in [2.24, 2.45) is 0 Å². The Morgan fingerprint density at radius 1 is 0.298 bits per heavy atom. The fourth-order valence-corrected chi connectivity index (χ4v) is 11.4. The molecule has 0 aromatic carbocycles. The number of hydrogen-bond donors (Lipinski definition) is 1. The van der Waals surface area contributed by atoms with E-state index in [1.54, 1.807) is 0 Å². The van der Waals surface area contributed by atoms with Crippen molar-refractivity contribution < 1.29 is 80.2 Å². The quantitative estimate of drug-likeness (QED) is 0.0257. The van der Waals surface area contributed by atoms with Crippen molar-refractivity contribution in [3.05, 3.63) is 0 Å². The minimum absolute atomic E-state index is 0.0868. The van der Waals surface area contributed by atoms with E-state index in [9.17, 15) is 43.2 Å². The highest BCUT2D eigenvalue weighted by Crippen LogP contribution is 2.41. The second-order valence-electron chi connectivity index (χ2n) is 23.5. The molecule has 0 spiro atoms. The number of hydrogen-bond acceptors (Lipinski definition) is 17. The third kappa shape index (κ3) is 59.0. The molecular weight excluding hydrogens is 1110 g/mol. The molecule has 19 heteroatoms. The van der Waals surface area contributed by atoms with Gasteiger partial charge < -0.3 is 51.9 Å². The number of carbonyl (C=O) groups excluding carboxylic acids is 4. The summed E-state index contributed by atoms with van der Waals surface area (Å²) in [4.78, 5) is 76.8. The van der Waals surface area contributed by atoms with Crippen LogP contribution in [-0.4, -0.2) is 86.9 Å². The smallest absolute Gasteiger partial charge is 0.306 e. The lowest BCUT2D eigenvalue weighted by molar-refractivity contribution is -0.233. The zero-order chi connectivity index (χ0) is 61.9. The Morgan fingerprint density at radius 3 is 0.714 bits per heavy atom. The minimum atomic E-state index is -5.21. The molecular formula is C65H124O17P2-2. The van der Waals surface area contributed by atoms with Gasteiger partial charge in [-0.05, 0) is 25.7 Å². The number of esters is 4. The molecule has 0 heterocycles. The van der Waals surface area contributed by atoms with Crippen LogP contribution < -0.4 is 9.79 Å². The number of ether oxygens (including phenoxy) is 4. The maximum absolute atomic E-state index is 12.9. The molecule has 0 aromatic heterocycles. The molecule has 84 heavy (non-hydrogen) atoms. The Bertz CT molecular complexity index is 1510. The molecule has 0 radical (unpaired) electrons. The number of rotatable bonds is 66. The highest BCUT2D eigenvalue weighted by Gasteiger charge is 2.25. The van der Waals surface area contributed by atoms with Gasteiger partial charge in [-0.15, -0.1) is 0 Å². The van der Waals surface area contributed by atoms with Gasteiger partial charge in [-0.1, -0.05) is 285 Å². The van der Waals surface area contributed by atoms with Crippen molar-refractivity contribution in [1.29, 1.82) is 0 Å². The van der Waals surface area contributed by atoms with E-state index < -0.39 is 97.5 Å². The molecule has 17 nitrogen and oxygen atoms in total. The normalized spacial score (nSPS) is 14.1. The lowest BCUT2D eigenvalue weighted by Crippen LogP contribution is -2.31. The maximum atomic E-state index is 12.9. The lowest BCUT2D eigenvalue weighted by atomic mass is 10.1. The zero-order valence-electron chi connectivity index (χ0n) is 53.8. The molecule has 0 fully saturated rings. The number of carbonyl (C=O) groups is 4. The fourth-order valence-electron chi connectivity index (χ4n) is 9.80. The van der Waals surface area contributed by atoms with E-state index in [-0.39, 0.29) is 25.7 Å². The van der Waals surface area contributed by atoms with E-state index in [2.05, 4.69) is 27.7 Å². The first-order valence-electron chi connectivity index (χ1n) is 34.2. The van der Waals surface area contributed by atoms with Gasteiger partial charge in [0.15, 0.2) is 12.2 Å². The van der Waals surface area contributed by atoms with Gasteiger partial charge in [0.1, 0.15) is 19.3 Å². The molecule has 0 saturated heterocycles. The average molecular weight is 1240 g/mol. The fraction of sp³-hybridized carbons (Fsp3) is 0.938. The predicted molar refractivity (Wildman–Crippen MR) is 331 cm³/mol. The first kappa shape index (κ1) is 82.1. The van der Waals surface area contributed by atoms with Crippen LogP contribution in [-0.2, 0) is 65.4 Å². The molecule has 0 aliphatic carbocycles. The second kappa shape index (κ2) is 60.0. The largest absolute Gasteiger partial charge is 0.756 e. The monoisotopic (exact) mass is 1240 g/mol. The SMILES string of the molecule is CCCCCCCCCCCCCC(=O)OC[C@H](COP(=O)([O-])OCC(O)COP(=O)([O-])OC[C@@H](COC(=O)CCCCCCCCCCCCC)OC(=O)CCCCCCCCCCCCC)OC(=O)CCCCCCCCCCCCC. The van der Waals surface area contributed by atoms with Crippen LogP contribution in [0.4, 0.5) is 0 Å². The van der Waals surface area contributed by atoms with Crippen LogP contribution in [0.2, 0.25) is 0 Å². The number of aliphatic hydroxyl groups is 1. The molecule has 2 unspecified atom stereocenters. The molecule has 1 N–H and O–H groups in total. The third-order valence-electron chi connectivity index (χ3n) is 15.1. The van der Waals surface area contributed by atoms with E-state index in [0.717, 1.165) is 89.9 Å². The minimum Gasteiger partial charge on any atom is -0.756 e. The van der Waals surface area contributed by atoms with Crippen LogP contribution >= 0.6 is 15.6 Å². The van der Waals surface area contributed by atoms with Crippen molar-refractivity contribution in [3.8, 4) is 0 Å². The summed E-state index contributed by atoms with van der Waals surface area (Å²) in [6.07, 6.45) is 45.0. The summed E-state index contributed by atoms with van der Waals surface area (Å²) >= 11 is 0. The van der Waals surface area contributed by atoms with Crippen molar-refractivity contribution in [2.75, 3.05) is 39.6 Å². The first-order chi connectivity index (χ1) is 40.7. The van der Waals surface area contributed by atoms with Gasteiger partial charge in [0.25, 0.3) is 15.6 Å². The van der Waals surface area contributed by atoms with Crippen LogP contribution in [0.3, 0.4) is 0 Å². The Labute approximate surface area is 511 Å². The number of phosphoric acid groups is 2. The van der Waals surface area contributed by atoms with E-state index in [1.807, 2.05) is 0 Å². The molecule has 0 saturated carbocycles. The third-order valence-corrected chi connectivity index (χ3v) is 16.9. The van der Waals surface area contributed by atoms with Gasteiger partial charge in [-0.2, -0.15) is 0 Å². The molecule has 498 valence electrons. The average Bonchev–Trinajstić information content (AvgIpc) is 3.58. The van der Waals surface area contributed by atoms with E-state index >= 15 is 0 Å². The summed E-state index contributed by atoms with van der Waals surface area (Å²) in [5.74, 6) is -2.22. The molecule has 4 atom stereocenters. The summed E-state index contributed by atoms with van der Waals surface area (Å²) < 4.78 is 67.2. The van der Waals surface area contributed by atoms with E-state index in [0.29, 0.717) is 25.7 Å². The molecule has 0 amide bonds. The van der Waals surface area contributed by atoms with Gasteiger partial charge >= 0.3 is 23.9 Å². The predicted octanol–water partition coefficient (Wildman–Crippen LogP) is 17.1. The van der Waals surface area contributed by atoms with Gasteiger partial charge in [0.2, 0.25) is 0 Å². The summed E-state index contributed by atoms with van der Waals surface area (Å²) in [6.45, 7) is 4.49. The lowest BCUT2D eigenvalue weighted by Gasteiger charge is -2.28. The first-order valence-corrected chi connectivity index (χ1v) is 37.2. The summed E-state index contributed by atoms with van der Waals surface area (Å²) in [5, 5.41) is 10.5. The van der Waals surface area contributed by atoms with E-state index in [1.165, 1.54) is 167 Å². The highest BCUT2D eigenvalue weighted by atomic mass is 31.2. The molecule has 0 aliphatic heterocycles. The van der Waals surface area contributed by atoms with Crippen molar-refractivity contribution >= 4 is 39.5 Å². The maximum Gasteiger partial charge on any atom is 0.306 e. The summed E-state index contributed by atoms with van der Waals surface area (Å²) in [6, 6.07) is 0. The molecule has 0 aromatic rings. The van der Waals surface area contributed by atoms with Crippen LogP contribution in [0.25, 0.3) is 0 Å². The Balaban J connectivity index is 5.24. The summed E-state index contributed by atoms with van der Waals surface area (Å²) in [5.41, 5.74) is 0. The zero-order valence-corrected chi connectivity index (χ0v) is 55.6. The van der Waals surface area contributed by atoms with Crippen LogP contribution in [0.15, 0.2) is 0 Å². The van der Waals surface area contributed by atoms with Crippen molar-refractivity contribution in [3.63, 3.8) is 0 Å². The second-order valence-corrected chi connectivity index (χ2v) is 26.3. The van der Waals surface area contributed by atoms with Crippen molar-refractivity contribution in [1.82, 2.24) is 0 Å². The number of phosphoric ester groups is 2. The molecule has 0 aliphatic rings. The van der Waals surface area contributed by atoms with Crippen LogP contribution in [0.1, 0.15) is 336 Å². The van der Waals surface area contributed by atoms with Gasteiger partial charge in [-0.3, -0.25) is 28.3 Å². The van der Waals surface area contributed by atoms with Gasteiger partial charge in [0, 0.05) is 25.7 Å². The van der Waals surface area contributed by atoms with Crippen LogP contribution in [0.5, 0.6) is 0 Å². The molecule has 0 rings (SSSR count). The van der Waals surface area contributed by atoms with Gasteiger partial charge in [0.05, 0.1) is 26.4 Å². The van der Waals surface area contributed by atoms with E-state index in [4.69, 9.17) is 37.0 Å². The Morgan fingerprint density at radius 2 is 0.488 bits per heavy atom. The molecule has 0 bridgehead atoms. The van der Waals surface area contributed by atoms with Crippen molar-refractivity contribution in [2.45, 2.75) is 354 Å². The summed E-state index contributed by atoms with van der Waals surface area (Å²) in [7, 11) is -10.4. The Hall–Kier alpha value is -1.94. The van der Waals surface area contributed by atoms with Crippen LogP contribution in [0, 0.1) is 0 Å². The number of unbranched alkanes of at least 4 members (excludes halogenated alkanes) is 40. The Kier molecular flexibility index (Phi) is 58.6. The highest BCUT2D eigenvalue weighted by molar-refractivity contribution is 7.46. The topological polar surface area (TPSA) is 243 Å². The number of aliphatic hydroxyl groups excluding tert-OH is 1. The van der Waals surface area contributed by atoms with Gasteiger partial charge in [-0.25, -0.2) is 0 Å².